The number of rotatable bonds is 10. The Morgan fingerprint density at radius 2 is 1.75 bits per heavy atom. The summed E-state index contributed by atoms with van der Waals surface area (Å²) in [7, 11) is 1.97. The van der Waals surface area contributed by atoms with Crippen LogP contribution in [-0.2, 0) is 22.6 Å². The lowest BCUT2D eigenvalue weighted by Gasteiger charge is -2.25. The van der Waals surface area contributed by atoms with Gasteiger partial charge in [0.1, 0.15) is 12.2 Å². The van der Waals surface area contributed by atoms with Crippen LogP contribution in [0.4, 0.5) is 14.6 Å². The summed E-state index contributed by atoms with van der Waals surface area (Å²) in [6.07, 6.45) is 2.77. The predicted octanol–water partition coefficient (Wildman–Crippen LogP) is 6.27. The van der Waals surface area contributed by atoms with Gasteiger partial charge in [0.05, 0.1) is 31.7 Å². The zero-order valence-electron chi connectivity index (χ0n) is 26.4. The van der Waals surface area contributed by atoms with E-state index in [1.807, 2.05) is 49.9 Å². The Balaban J connectivity index is 1.48. The minimum Gasteiger partial charge on any atom is -0.481 e. The Morgan fingerprint density at radius 3 is 2.36 bits per heavy atom. The third-order valence-electron chi connectivity index (χ3n) is 8.65. The summed E-state index contributed by atoms with van der Waals surface area (Å²) in [6, 6.07) is 13.1. The molecule has 1 amide bonds. The van der Waals surface area contributed by atoms with Crippen LogP contribution in [-0.4, -0.2) is 53.0 Å². The molecule has 3 heterocycles. The Hall–Kier alpha value is -4.08. The molecule has 0 spiro atoms. The van der Waals surface area contributed by atoms with Crippen molar-refractivity contribution in [2.75, 3.05) is 31.1 Å². The van der Waals surface area contributed by atoms with Gasteiger partial charge in [-0.1, -0.05) is 38.6 Å². The van der Waals surface area contributed by atoms with E-state index in [4.69, 9.17) is 4.42 Å². The Morgan fingerprint density at radius 1 is 1.07 bits per heavy atom. The van der Waals surface area contributed by atoms with Crippen LogP contribution in [0.25, 0.3) is 17.0 Å². The first-order chi connectivity index (χ1) is 20.6. The number of oxazole rings is 1. The van der Waals surface area contributed by atoms with Gasteiger partial charge in [0.25, 0.3) is 5.82 Å². The van der Waals surface area contributed by atoms with E-state index in [-0.39, 0.29) is 35.7 Å². The van der Waals surface area contributed by atoms with Gasteiger partial charge < -0.3 is 14.4 Å². The molecule has 2 unspecified atom stereocenters. The van der Waals surface area contributed by atoms with Gasteiger partial charge in [0, 0.05) is 37.9 Å². The van der Waals surface area contributed by atoms with Crippen LogP contribution >= 0.6 is 0 Å². The zero-order chi connectivity index (χ0) is 32.4. The standard InChI is InChI=1S/C34H42F2N4O4/c1-22(24(3)29-30(34(6,35)36)44-31(37-29)25-12-9-8-10-13-25)23(2)26-14-15-27(38(7)21-26)39-16-11-17-40(19-18-39)28(41)20-33(4,5)32(42)43/h8-10,12-15,21-23H,3,11,16-20H2,1-2,4-7H3/p+1. The summed E-state index contributed by atoms with van der Waals surface area (Å²) >= 11 is 0. The van der Waals surface area contributed by atoms with Gasteiger partial charge in [-0.05, 0) is 55.0 Å². The highest BCUT2D eigenvalue weighted by atomic mass is 19.3. The smallest absolute Gasteiger partial charge is 0.309 e. The molecule has 1 saturated heterocycles. The van der Waals surface area contributed by atoms with Crippen LogP contribution in [0.1, 0.15) is 70.4 Å². The minimum atomic E-state index is -3.23. The summed E-state index contributed by atoms with van der Waals surface area (Å²) in [5.74, 6) is -3.99. The monoisotopic (exact) mass is 609 g/mol. The van der Waals surface area contributed by atoms with Crippen LogP contribution < -0.4 is 9.47 Å². The molecule has 0 radical (unpaired) electrons. The van der Waals surface area contributed by atoms with E-state index in [1.165, 1.54) is 0 Å². The molecule has 0 saturated carbocycles. The summed E-state index contributed by atoms with van der Waals surface area (Å²) in [6.45, 7) is 14.6. The van der Waals surface area contributed by atoms with Crippen molar-refractivity contribution in [3.63, 3.8) is 0 Å². The van der Waals surface area contributed by atoms with Crippen molar-refractivity contribution in [1.82, 2.24) is 9.88 Å². The number of hydrogen-bond donors (Lipinski definition) is 1. The van der Waals surface area contributed by atoms with Crippen molar-refractivity contribution >= 4 is 23.3 Å². The van der Waals surface area contributed by atoms with Crippen LogP contribution in [0.15, 0.2) is 59.7 Å². The first kappa shape index (κ1) is 32.8. The normalized spacial score (nSPS) is 15.9. The number of pyridine rings is 1. The van der Waals surface area contributed by atoms with Gasteiger partial charge in [-0.25, -0.2) is 9.55 Å². The fourth-order valence-electron chi connectivity index (χ4n) is 5.53. The number of hydrogen-bond acceptors (Lipinski definition) is 5. The van der Waals surface area contributed by atoms with Gasteiger partial charge in [0.2, 0.25) is 17.6 Å². The molecule has 0 bridgehead atoms. The minimum absolute atomic E-state index is 0.0362. The summed E-state index contributed by atoms with van der Waals surface area (Å²) < 4.78 is 36.9. The number of carboxylic acid groups (broad SMARTS) is 1. The molecule has 236 valence electrons. The van der Waals surface area contributed by atoms with Gasteiger partial charge in [-0.2, -0.15) is 8.78 Å². The SMILES string of the molecule is C=C(c1nc(-c2ccccc2)oc1C(C)(F)F)C(C)C(C)c1ccc(N2CCCN(C(=O)CC(C)(C)C(=O)O)CC2)[n+](C)c1. The number of aryl methyl sites for hydroxylation is 1. The Labute approximate surface area is 258 Å². The van der Waals surface area contributed by atoms with E-state index < -0.39 is 23.1 Å². The van der Waals surface area contributed by atoms with E-state index in [0.29, 0.717) is 30.8 Å². The molecule has 2 aromatic heterocycles. The lowest BCUT2D eigenvalue weighted by atomic mass is 9.83. The van der Waals surface area contributed by atoms with Crippen LogP contribution in [0, 0.1) is 11.3 Å². The van der Waals surface area contributed by atoms with E-state index in [2.05, 4.69) is 16.5 Å². The topological polar surface area (TPSA) is 90.8 Å². The van der Waals surface area contributed by atoms with Gasteiger partial charge >= 0.3 is 11.9 Å². The molecule has 1 aliphatic rings. The van der Waals surface area contributed by atoms with Crippen LogP contribution in [0.3, 0.4) is 0 Å². The second kappa shape index (κ2) is 12.9. The highest BCUT2D eigenvalue weighted by molar-refractivity contribution is 5.84. The summed E-state index contributed by atoms with van der Waals surface area (Å²) in [5, 5.41) is 9.41. The van der Waals surface area contributed by atoms with E-state index in [0.717, 1.165) is 31.3 Å². The lowest BCUT2D eigenvalue weighted by Crippen LogP contribution is -2.42. The predicted molar refractivity (Wildman–Crippen MR) is 165 cm³/mol. The molecule has 4 rings (SSSR count). The van der Waals surface area contributed by atoms with Crippen molar-refractivity contribution in [1.29, 1.82) is 0 Å². The number of anilines is 1. The van der Waals surface area contributed by atoms with Crippen molar-refractivity contribution in [3.8, 4) is 11.5 Å². The summed E-state index contributed by atoms with van der Waals surface area (Å²) in [5.41, 5.74) is 1.10. The molecule has 1 aliphatic heterocycles. The molecule has 8 nitrogen and oxygen atoms in total. The maximum absolute atomic E-state index is 14.6. The van der Waals surface area contributed by atoms with Gasteiger partial charge in [-0.3, -0.25) is 14.5 Å². The largest absolute Gasteiger partial charge is 0.481 e. The number of benzene rings is 1. The van der Waals surface area contributed by atoms with E-state index in [9.17, 15) is 23.5 Å². The number of allylic oxidation sites excluding steroid dienone is 1. The maximum Gasteiger partial charge on any atom is 0.309 e. The molecule has 1 fully saturated rings. The van der Waals surface area contributed by atoms with Crippen molar-refractivity contribution < 1.29 is 32.5 Å². The number of carbonyl (C=O) groups is 2. The quantitative estimate of drug-likeness (QED) is 0.273. The molecule has 2 atom stereocenters. The van der Waals surface area contributed by atoms with E-state index >= 15 is 0 Å². The third-order valence-corrected chi connectivity index (χ3v) is 8.65. The zero-order valence-corrected chi connectivity index (χ0v) is 26.4. The molecule has 0 aliphatic carbocycles. The Bertz CT molecular complexity index is 1510. The molecule has 1 N–H and O–H groups in total. The fraction of sp³-hybridized carbons (Fsp3) is 0.471. The number of carbonyl (C=O) groups excluding carboxylic acids is 1. The Kier molecular flexibility index (Phi) is 9.61. The van der Waals surface area contributed by atoms with Crippen molar-refractivity contribution in [2.24, 2.45) is 18.4 Å². The van der Waals surface area contributed by atoms with Crippen molar-refractivity contribution in [3.05, 3.63) is 72.3 Å². The van der Waals surface area contributed by atoms with Crippen molar-refractivity contribution in [2.45, 2.75) is 59.3 Å². The molecule has 3 aromatic rings. The second-order valence-corrected chi connectivity index (χ2v) is 12.6. The highest BCUT2D eigenvalue weighted by Gasteiger charge is 2.37. The molecule has 10 heteroatoms. The first-order valence-electron chi connectivity index (χ1n) is 15.0. The highest BCUT2D eigenvalue weighted by Crippen LogP contribution is 2.41. The number of alkyl halides is 2. The lowest BCUT2D eigenvalue weighted by molar-refractivity contribution is -0.659. The summed E-state index contributed by atoms with van der Waals surface area (Å²) in [4.78, 5) is 32.8. The molecule has 44 heavy (non-hydrogen) atoms. The first-order valence-corrected chi connectivity index (χ1v) is 15.0. The average molecular weight is 610 g/mol. The fourth-order valence-corrected chi connectivity index (χ4v) is 5.53. The van der Waals surface area contributed by atoms with Crippen LogP contribution in [0.5, 0.6) is 0 Å². The average Bonchev–Trinajstić information content (AvgIpc) is 3.29. The number of aromatic nitrogens is 2. The number of carboxylic acids is 1. The third kappa shape index (κ3) is 7.17. The van der Waals surface area contributed by atoms with Gasteiger partial charge in [-0.15, -0.1) is 0 Å². The second-order valence-electron chi connectivity index (χ2n) is 12.6. The molecular formula is C34H43F2N4O4+. The number of amides is 1. The van der Waals surface area contributed by atoms with E-state index in [1.54, 1.807) is 43.0 Å². The molecule has 1 aromatic carbocycles. The maximum atomic E-state index is 14.6. The number of halogens is 2. The number of nitrogens with zero attached hydrogens (tertiary/aromatic N) is 4. The van der Waals surface area contributed by atoms with Gasteiger partial charge in [0.15, 0.2) is 0 Å². The van der Waals surface area contributed by atoms with Crippen LogP contribution in [0.2, 0.25) is 0 Å². The number of aliphatic carboxylic acids is 1. The molecular weight excluding hydrogens is 566 g/mol.